The van der Waals surface area contributed by atoms with E-state index in [1.807, 2.05) is 32.9 Å². The molecular weight excluding hydrogens is 384 g/mol. The van der Waals surface area contributed by atoms with Gasteiger partial charge in [0.1, 0.15) is 17.2 Å². The number of rotatable bonds is 8. The third-order valence-corrected chi connectivity index (χ3v) is 4.84. The van der Waals surface area contributed by atoms with Crippen LogP contribution in [0.25, 0.3) is 0 Å². The smallest absolute Gasteiger partial charge is 0.416 e. The Morgan fingerprint density at radius 1 is 1.27 bits per heavy atom. The second-order valence-corrected chi connectivity index (χ2v) is 8.75. The summed E-state index contributed by atoms with van der Waals surface area (Å²) >= 11 is 0. The number of ether oxygens (including phenoxy) is 1. The molecule has 2 amide bonds. The Kier molecular flexibility index (Phi) is 8.34. The molecule has 0 fully saturated rings. The summed E-state index contributed by atoms with van der Waals surface area (Å²) in [4.78, 5) is 41.8. The van der Waals surface area contributed by atoms with Crippen molar-refractivity contribution in [1.82, 2.24) is 10.3 Å². The first-order chi connectivity index (χ1) is 14.1. The lowest BCUT2D eigenvalue weighted by molar-refractivity contribution is -0.121. The zero-order valence-corrected chi connectivity index (χ0v) is 18.5. The summed E-state index contributed by atoms with van der Waals surface area (Å²) in [5.74, 6) is 0.430. The van der Waals surface area contributed by atoms with Crippen LogP contribution in [0.2, 0.25) is 0 Å². The van der Waals surface area contributed by atoms with Crippen LogP contribution in [-0.2, 0) is 27.2 Å². The molecule has 30 heavy (non-hydrogen) atoms. The van der Waals surface area contributed by atoms with Gasteiger partial charge in [0.2, 0.25) is 5.91 Å². The molecule has 0 aliphatic carbocycles. The zero-order valence-electron chi connectivity index (χ0n) is 18.5. The summed E-state index contributed by atoms with van der Waals surface area (Å²) in [6.45, 7) is 7.73. The van der Waals surface area contributed by atoms with E-state index in [4.69, 9.17) is 15.5 Å². The molecule has 0 unspecified atom stereocenters. The lowest BCUT2D eigenvalue weighted by Gasteiger charge is -2.31. The number of nitrogens with one attached hydrogen (secondary N) is 1. The minimum atomic E-state index is -0.651. The van der Waals surface area contributed by atoms with Crippen molar-refractivity contribution in [3.8, 4) is 0 Å². The lowest BCUT2D eigenvalue weighted by atomic mass is 10.0. The Bertz CT molecular complexity index is 773. The molecule has 1 aromatic rings. The van der Waals surface area contributed by atoms with E-state index < -0.39 is 11.6 Å². The van der Waals surface area contributed by atoms with Gasteiger partial charge in [0.25, 0.3) is 0 Å². The summed E-state index contributed by atoms with van der Waals surface area (Å²) in [5, 5.41) is 2.68. The van der Waals surface area contributed by atoms with Crippen molar-refractivity contribution in [2.75, 3.05) is 18.0 Å². The maximum absolute atomic E-state index is 12.6. The fourth-order valence-corrected chi connectivity index (χ4v) is 3.16. The standard InChI is InChI=1S/C22H34N4O4/c1-15(27)18(23)14-24-19(28)10-6-5-9-17-12-11-16-8-7-13-26(20(16)25-17)21(29)30-22(2,3)4/h11-12,18H,5-10,13-14,23H2,1-4H3,(H,24,28)/t18-/m0/s1. The number of hydrogen-bond donors (Lipinski definition) is 2. The van der Waals surface area contributed by atoms with Gasteiger partial charge in [-0.25, -0.2) is 9.78 Å². The third-order valence-electron chi connectivity index (χ3n) is 4.84. The highest BCUT2D eigenvalue weighted by atomic mass is 16.6. The van der Waals surface area contributed by atoms with Crippen molar-refractivity contribution in [2.24, 2.45) is 5.73 Å². The molecule has 1 aliphatic heterocycles. The van der Waals surface area contributed by atoms with Crippen molar-refractivity contribution in [3.05, 3.63) is 23.4 Å². The first-order valence-corrected chi connectivity index (χ1v) is 10.6. The van der Waals surface area contributed by atoms with Crippen LogP contribution in [0.15, 0.2) is 12.1 Å². The van der Waals surface area contributed by atoms with Gasteiger partial charge in [-0.3, -0.25) is 14.5 Å². The molecule has 8 heteroatoms. The minimum absolute atomic E-state index is 0.110. The van der Waals surface area contributed by atoms with Crippen LogP contribution in [0, 0.1) is 0 Å². The van der Waals surface area contributed by atoms with Crippen LogP contribution in [0.1, 0.15) is 64.6 Å². The van der Waals surface area contributed by atoms with Crippen LogP contribution in [0.5, 0.6) is 0 Å². The molecule has 0 radical (unpaired) electrons. The second kappa shape index (κ2) is 10.5. The second-order valence-electron chi connectivity index (χ2n) is 8.75. The molecule has 0 spiro atoms. The monoisotopic (exact) mass is 418 g/mol. The van der Waals surface area contributed by atoms with Crippen molar-refractivity contribution in [1.29, 1.82) is 0 Å². The SMILES string of the molecule is CC(=O)[C@@H](N)CNC(=O)CCCCc1ccc2c(n1)N(C(=O)OC(C)(C)C)CCC2. The van der Waals surface area contributed by atoms with E-state index in [9.17, 15) is 14.4 Å². The summed E-state index contributed by atoms with van der Waals surface area (Å²) in [7, 11) is 0. The predicted octanol–water partition coefficient (Wildman–Crippen LogP) is 2.51. The highest BCUT2D eigenvalue weighted by Gasteiger charge is 2.28. The van der Waals surface area contributed by atoms with Gasteiger partial charge in [-0.2, -0.15) is 0 Å². The van der Waals surface area contributed by atoms with E-state index in [2.05, 4.69) is 5.32 Å². The average Bonchev–Trinajstić information content (AvgIpc) is 2.67. The number of anilines is 1. The molecule has 0 saturated carbocycles. The highest BCUT2D eigenvalue weighted by Crippen LogP contribution is 2.27. The summed E-state index contributed by atoms with van der Waals surface area (Å²) in [5.41, 5.74) is 7.00. The Morgan fingerprint density at radius 2 is 2.00 bits per heavy atom. The van der Waals surface area contributed by atoms with Gasteiger partial charge in [0.05, 0.1) is 6.04 Å². The Balaban J connectivity index is 1.87. The first kappa shape index (κ1) is 23.8. The molecule has 8 nitrogen and oxygen atoms in total. The molecule has 1 aromatic heterocycles. The molecule has 1 aliphatic rings. The molecule has 166 valence electrons. The fraction of sp³-hybridized carbons (Fsp3) is 0.636. The van der Waals surface area contributed by atoms with Gasteiger partial charge in [0, 0.05) is 25.2 Å². The number of unbranched alkanes of at least 4 members (excludes halogenated alkanes) is 1. The molecule has 3 N–H and O–H groups in total. The third kappa shape index (κ3) is 7.40. The maximum atomic E-state index is 12.6. The lowest BCUT2D eigenvalue weighted by Crippen LogP contribution is -2.41. The first-order valence-electron chi connectivity index (χ1n) is 10.6. The van der Waals surface area contributed by atoms with Gasteiger partial charge in [-0.05, 0) is 71.4 Å². The van der Waals surface area contributed by atoms with Crippen molar-refractivity contribution >= 4 is 23.6 Å². The number of fused-ring (bicyclic) bond motifs is 1. The number of carbonyl (C=O) groups excluding carboxylic acids is 3. The molecule has 0 saturated heterocycles. The molecule has 0 aromatic carbocycles. The highest BCUT2D eigenvalue weighted by molar-refractivity contribution is 5.88. The number of nitrogens with zero attached hydrogens (tertiary/aromatic N) is 2. The van der Waals surface area contributed by atoms with E-state index in [0.717, 1.165) is 36.9 Å². The number of ketones is 1. The number of aromatic nitrogens is 1. The molecule has 0 bridgehead atoms. The van der Waals surface area contributed by atoms with Gasteiger partial charge < -0.3 is 15.8 Å². The summed E-state index contributed by atoms with van der Waals surface area (Å²) in [6.07, 6.45) is 4.00. The van der Waals surface area contributed by atoms with Crippen LogP contribution in [0.4, 0.5) is 10.6 Å². The average molecular weight is 419 g/mol. The van der Waals surface area contributed by atoms with E-state index in [-0.39, 0.29) is 24.3 Å². The fourth-order valence-electron chi connectivity index (χ4n) is 3.16. The minimum Gasteiger partial charge on any atom is -0.443 e. The zero-order chi connectivity index (χ0) is 22.3. The van der Waals surface area contributed by atoms with Gasteiger partial charge in [-0.1, -0.05) is 6.07 Å². The topological polar surface area (TPSA) is 115 Å². The van der Waals surface area contributed by atoms with Gasteiger partial charge in [-0.15, -0.1) is 0 Å². The Morgan fingerprint density at radius 3 is 2.67 bits per heavy atom. The predicted molar refractivity (Wildman–Crippen MR) is 115 cm³/mol. The summed E-state index contributed by atoms with van der Waals surface area (Å²) < 4.78 is 5.53. The van der Waals surface area contributed by atoms with Crippen molar-refractivity contribution < 1.29 is 19.1 Å². The number of aryl methyl sites for hydroxylation is 2. The molecule has 1 atom stereocenters. The van der Waals surface area contributed by atoms with Crippen LogP contribution in [0.3, 0.4) is 0 Å². The molecular formula is C22H34N4O4. The Labute approximate surface area is 178 Å². The number of Topliss-reactive ketones (excluding diaryl/α,β-unsaturated/α-hetero) is 1. The number of carbonyl (C=O) groups is 3. The van der Waals surface area contributed by atoms with Crippen molar-refractivity contribution in [3.63, 3.8) is 0 Å². The van der Waals surface area contributed by atoms with Crippen LogP contribution < -0.4 is 16.0 Å². The molecule has 2 rings (SSSR count). The van der Waals surface area contributed by atoms with E-state index in [1.165, 1.54) is 6.92 Å². The van der Waals surface area contributed by atoms with E-state index >= 15 is 0 Å². The van der Waals surface area contributed by atoms with E-state index in [1.54, 1.807) is 4.90 Å². The summed E-state index contributed by atoms with van der Waals surface area (Å²) in [6, 6.07) is 3.37. The van der Waals surface area contributed by atoms with Crippen molar-refractivity contribution in [2.45, 2.75) is 77.9 Å². The quantitative estimate of drug-likeness (QED) is 0.627. The van der Waals surface area contributed by atoms with E-state index in [0.29, 0.717) is 25.2 Å². The normalized spacial score (nSPS) is 14.6. The van der Waals surface area contributed by atoms with Gasteiger partial charge >= 0.3 is 6.09 Å². The largest absolute Gasteiger partial charge is 0.443 e. The Hall–Kier alpha value is -2.48. The number of amides is 2. The van der Waals surface area contributed by atoms with Crippen LogP contribution >= 0.6 is 0 Å². The number of hydrogen-bond acceptors (Lipinski definition) is 6. The maximum Gasteiger partial charge on any atom is 0.416 e. The van der Waals surface area contributed by atoms with Crippen LogP contribution in [-0.4, -0.2) is 47.5 Å². The number of pyridine rings is 1. The number of nitrogens with two attached hydrogens (primary N) is 1. The van der Waals surface area contributed by atoms with Gasteiger partial charge in [0.15, 0.2) is 0 Å². The molecule has 2 heterocycles.